The van der Waals surface area contributed by atoms with Gasteiger partial charge >= 0.3 is 6.16 Å². The van der Waals surface area contributed by atoms with Gasteiger partial charge in [-0.25, -0.2) is 4.79 Å². The molecule has 0 spiro atoms. The third kappa shape index (κ3) is 7.71. The van der Waals surface area contributed by atoms with Crippen molar-refractivity contribution in [2.45, 2.75) is 0 Å². The van der Waals surface area contributed by atoms with Crippen LogP contribution < -0.4 is 0 Å². The number of ether oxygens (including phenoxy) is 2. The van der Waals surface area contributed by atoms with E-state index in [1.54, 1.807) is 60.7 Å². The number of hydrogen-bond donors (Lipinski definition) is 0. The molecule has 26 heavy (non-hydrogen) atoms. The lowest BCUT2D eigenvalue weighted by atomic mass is 10.2. The predicted molar refractivity (Wildman–Crippen MR) is 108 cm³/mol. The molecule has 0 saturated carbocycles. The maximum absolute atomic E-state index is 11.5. The SMILES string of the molecule is O=C(OCC=Cc1cc(Cl)cc(Cl)c1)OCC=Cc1cc(Cl)cc(Cl)c1. The molecule has 0 amide bonds. The predicted octanol–water partition coefficient (Wildman–Crippen LogP) is 7.18. The van der Waals surface area contributed by atoms with Crippen LogP contribution in [0.15, 0.2) is 48.6 Å². The van der Waals surface area contributed by atoms with Crippen molar-refractivity contribution in [2.24, 2.45) is 0 Å². The number of rotatable bonds is 6. The average molecular weight is 432 g/mol. The molecule has 0 aliphatic rings. The second kappa shape index (κ2) is 10.5. The van der Waals surface area contributed by atoms with Gasteiger partial charge in [0, 0.05) is 20.1 Å². The summed E-state index contributed by atoms with van der Waals surface area (Å²) in [5.41, 5.74) is 1.62. The van der Waals surface area contributed by atoms with Crippen LogP contribution in [0, 0.1) is 0 Å². The molecule has 0 unspecified atom stereocenters. The van der Waals surface area contributed by atoms with E-state index in [1.807, 2.05) is 0 Å². The molecule has 7 heteroatoms. The van der Waals surface area contributed by atoms with E-state index in [0.29, 0.717) is 20.1 Å². The summed E-state index contributed by atoms with van der Waals surface area (Å²) < 4.78 is 9.85. The van der Waals surface area contributed by atoms with Gasteiger partial charge in [-0.1, -0.05) is 58.6 Å². The first-order valence-corrected chi connectivity index (χ1v) is 8.98. The third-order valence-corrected chi connectivity index (χ3v) is 3.86. The Morgan fingerprint density at radius 1 is 0.692 bits per heavy atom. The number of carbonyl (C=O) groups excluding carboxylic acids is 1. The van der Waals surface area contributed by atoms with Crippen LogP contribution in [0.2, 0.25) is 20.1 Å². The lowest BCUT2D eigenvalue weighted by Gasteiger charge is -2.02. The molecular formula is C19H14Cl4O3. The van der Waals surface area contributed by atoms with E-state index < -0.39 is 6.16 Å². The van der Waals surface area contributed by atoms with E-state index in [0.717, 1.165) is 11.1 Å². The molecule has 0 atom stereocenters. The zero-order valence-corrected chi connectivity index (χ0v) is 16.4. The largest absolute Gasteiger partial charge is 0.508 e. The first kappa shape index (κ1) is 20.7. The Kier molecular flexibility index (Phi) is 8.33. The van der Waals surface area contributed by atoms with Crippen molar-refractivity contribution in [2.75, 3.05) is 13.2 Å². The molecule has 0 aromatic heterocycles. The van der Waals surface area contributed by atoms with E-state index in [2.05, 4.69) is 0 Å². The molecule has 0 bridgehead atoms. The van der Waals surface area contributed by atoms with Gasteiger partial charge in [0.25, 0.3) is 0 Å². The Bertz CT molecular complexity index is 724. The number of halogens is 4. The highest BCUT2D eigenvalue weighted by Crippen LogP contribution is 2.20. The molecule has 3 nitrogen and oxygen atoms in total. The summed E-state index contributed by atoms with van der Waals surface area (Å²) in [6, 6.07) is 10.3. The van der Waals surface area contributed by atoms with E-state index in [4.69, 9.17) is 55.9 Å². The molecule has 0 N–H and O–H groups in total. The Balaban J connectivity index is 1.71. The molecular weight excluding hydrogens is 418 g/mol. The summed E-state index contributed by atoms with van der Waals surface area (Å²) in [6.07, 6.45) is 6.04. The van der Waals surface area contributed by atoms with Crippen LogP contribution in [-0.4, -0.2) is 19.4 Å². The van der Waals surface area contributed by atoms with E-state index >= 15 is 0 Å². The minimum Gasteiger partial charge on any atom is -0.430 e. The van der Waals surface area contributed by atoms with Gasteiger partial charge in [0.05, 0.1) is 0 Å². The Hall–Kier alpha value is -1.65. The third-order valence-electron chi connectivity index (χ3n) is 2.99. The van der Waals surface area contributed by atoms with E-state index in [1.165, 1.54) is 0 Å². The molecule has 0 radical (unpaired) electrons. The lowest BCUT2D eigenvalue weighted by Crippen LogP contribution is -2.07. The van der Waals surface area contributed by atoms with Crippen LogP contribution in [0.5, 0.6) is 0 Å². The zero-order chi connectivity index (χ0) is 18.9. The standard InChI is InChI=1S/C19H14Cl4O3/c20-15-7-13(8-16(21)11-15)3-1-5-25-19(24)26-6-2-4-14-9-17(22)12-18(23)10-14/h1-4,7-12H,5-6H2. The highest BCUT2D eigenvalue weighted by molar-refractivity contribution is 6.35. The number of hydrogen-bond acceptors (Lipinski definition) is 3. The van der Waals surface area contributed by atoms with Gasteiger partial charge in [-0.3, -0.25) is 0 Å². The first-order valence-electron chi connectivity index (χ1n) is 7.47. The molecule has 0 heterocycles. The minimum atomic E-state index is -0.771. The van der Waals surface area contributed by atoms with E-state index in [9.17, 15) is 4.79 Å². The van der Waals surface area contributed by atoms with E-state index in [-0.39, 0.29) is 13.2 Å². The van der Waals surface area contributed by atoms with Crippen LogP contribution in [0.3, 0.4) is 0 Å². The maximum atomic E-state index is 11.5. The van der Waals surface area contributed by atoms with Crippen molar-refractivity contribution in [3.05, 3.63) is 79.8 Å². The fourth-order valence-corrected chi connectivity index (χ4v) is 3.07. The van der Waals surface area contributed by atoms with Crippen molar-refractivity contribution in [3.8, 4) is 0 Å². The molecule has 0 fully saturated rings. The smallest absolute Gasteiger partial charge is 0.430 e. The van der Waals surface area contributed by atoms with Crippen LogP contribution >= 0.6 is 46.4 Å². The minimum absolute atomic E-state index is 0.0661. The van der Waals surface area contributed by atoms with Gasteiger partial charge in [-0.2, -0.15) is 0 Å². The van der Waals surface area contributed by atoms with Gasteiger partial charge in [0.15, 0.2) is 0 Å². The summed E-state index contributed by atoms with van der Waals surface area (Å²) >= 11 is 23.6. The van der Waals surface area contributed by atoms with Crippen molar-refractivity contribution in [1.29, 1.82) is 0 Å². The molecule has 0 aliphatic heterocycles. The summed E-state index contributed by atoms with van der Waals surface area (Å²) in [5, 5.41) is 2.13. The van der Waals surface area contributed by atoms with Gasteiger partial charge < -0.3 is 9.47 Å². The van der Waals surface area contributed by atoms with Crippen molar-refractivity contribution >= 4 is 64.7 Å². The summed E-state index contributed by atoms with van der Waals surface area (Å²) in [5.74, 6) is 0. The number of benzene rings is 2. The van der Waals surface area contributed by atoms with Gasteiger partial charge in [-0.15, -0.1) is 0 Å². The topological polar surface area (TPSA) is 35.5 Å². The Morgan fingerprint density at radius 3 is 1.38 bits per heavy atom. The fraction of sp³-hybridized carbons (Fsp3) is 0.105. The molecule has 2 rings (SSSR count). The summed E-state index contributed by atoms with van der Waals surface area (Å²) in [4.78, 5) is 11.5. The molecule has 0 saturated heterocycles. The van der Waals surface area contributed by atoms with Gasteiger partial charge in [-0.05, 0) is 59.7 Å². The highest BCUT2D eigenvalue weighted by Gasteiger charge is 2.01. The van der Waals surface area contributed by atoms with Crippen molar-refractivity contribution in [1.82, 2.24) is 0 Å². The van der Waals surface area contributed by atoms with Crippen molar-refractivity contribution < 1.29 is 14.3 Å². The van der Waals surface area contributed by atoms with Crippen LogP contribution in [0.1, 0.15) is 11.1 Å². The molecule has 2 aromatic carbocycles. The molecule has 136 valence electrons. The number of carbonyl (C=O) groups is 1. The normalized spacial score (nSPS) is 11.2. The van der Waals surface area contributed by atoms with Gasteiger partial charge in [0.2, 0.25) is 0 Å². The second-order valence-electron chi connectivity index (χ2n) is 5.08. The quantitative estimate of drug-likeness (QED) is 0.454. The van der Waals surface area contributed by atoms with Crippen LogP contribution in [0.4, 0.5) is 4.79 Å². The Morgan fingerprint density at radius 2 is 1.04 bits per heavy atom. The van der Waals surface area contributed by atoms with Crippen LogP contribution in [-0.2, 0) is 9.47 Å². The molecule has 0 aliphatic carbocycles. The average Bonchev–Trinajstić information content (AvgIpc) is 2.54. The summed E-state index contributed by atoms with van der Waals surface area (Å²) in [7, 11) is 0. The summed E-state index contributed by atoms with van der Waals surface area (Å²) in [6.45, 7) is 0.132. The van der Waals surface area contributed by atoms with Gasteiger partial charge in [0.1, 0.15) is 13.2 Å². The first-order chi connectivity index (χ1) is 12.4. The monoisotopic (exact) mass is 430 g/mol. The molecule has 2 aromatic rings. The zero-order valence-electron chi connectivity index (χ0n) is 13.4. The fourth-order valence-electron chi connectivity index (χ4n) is 1.99. The maximum Gasteiger partial charge on any atom is 0.508 e. The van der Waals surface area contributed by atoms with Crippen LogP contribution in [0.25, 0.3) is 12.2 Å². The lowest BCUT2D eigenvalue weighted by molar-refractivity contribution is 0.0720. The highest BCUT2D eigenvalue weighted by atomic mass is 35.5. The Labute approximate surface area is 171 Å². The second-order valence-corrected chi connectivity index (χ2v) is 6.83. The van der Waals surface area contributed by atoms with Crippen molar-refractivity contribution in [3.63, 3.8) is 0 Å².